The number of rotatable bonds is 8. The first-order valence-corrected chi connectivity index (χ1v) is 9.77. The summed E-state index contributed by atoms with van der Waals surface area (Å²) in [6.45, 7) is 2.83. The Morgan fingerprint density at radius 1 is 1.04 bits per heavy atom. The topological polar surface area (TPSA) is 46.9 Å². The Labute approximate surface area is 165 Å². The highest BCUT2D eigenvalue weighted by Gasteiger charge is 2.18. The molecule has 0 atom stereocenters. The van der Waals surface area contributed by atoms with Gasteiger partial charge in [-0.1, -0.05) is 80.3 Å². The minimum atomic E-state index is -0.138. The van der Waals surface area contributed by atoms with Gasteiger partial charge in [-0.3, -0.25) is 4.79 Å². The van der Waals surface area contributed by atoms with E-state index in [1.54, 1.807) is 10.7 Å². The molecule has 4 nitrogen and oxygen atoms in total. The number of carbonyl (C=O) groups is 1. The molecule has 1 aromatic heterocycles. The van der Waals surface area contributed by atoms with Crippen molar-refractivity contribution in [3.05, 3.63) is 71.4 Å². The number of nitrogens with zero attached hydrogens (tertiary/aromatic N) is 2. The summed E-state index contributed by atoms with van der Waals surface area (Å²) in [5, 5.41) is 8.22. The van der Waals surface area contributed by atoms with Crippen molar-refractivity contribution in [2.75, 3.05) is 6.54 Å². The number of para-hydroxylation sites is 1. The summed E-state index contributed by atoms with van der Waals surface area (Å²) in [6, 6.07) is 19.1. The number of halogens is 1. The summed E-state index contributed by atoms with van der Waals surface area (Å²) in [4.78, 5) is 12.8. The Bertz CT molecular complexity index is 890. The molecule has 1 N–H and O–H groups in total. The average molecular weight is 382 g/mol. The quantitative estimate of drug-likeness (QED) is 0.523. The van der Waals surface area contributed by atoms with Crippen LogP contribution in [-0.4, -0.2) is 22.2 Å². The molecule has 0 aliphatic rings. The first kappa shape index (κ1) is 19.2. The van der Waals surface area contributed by atoms with E-state index in [9.17, 15) is 4.79 Å². The van der Waals surface area contributed by atoms with Crippen LogP contribution in [-0.2, 0) is 0 Å². The van der Waals surface area contributed by atoms with E-state index < -0.39 is 0 Å². The molecule has 1 amide bonds. The summed E-state index contributed by atoms with van der Waals surface area (Å²) >= 11 is 6.36. The molecule has 5 heteroatoms. The van der Waals surface area contributed by atoms with Crippen molar-refractivity contribution in [1.29, 1.82) is 0 Å². The molecule has 3 aromatic rings. The largest absolute Gasteiger partial charge is 0.351 e. The lowest BCUT2D eigenvalue weighted by Crippen LogP contribution is -2.26. The molecule has 0 saturated heterocycles. The fourth-order valence-electron chi connectivity index (χ4n) is 2.94. The maximum absolute atomic E-state index is 12.8. The van der Waals surface area contributed by atoms with Crippen LogP contribution in [0.3, 0.4) is 0 Å². The Morgan fingerprint density at radius 3 is 2.52 bits per heavy atom. The second kappa shape index (κ2) is 9.38. The van der Waals surface area contributed by atoms with Crippen molar-refractivity contribution >= 4 is 17.5 Å². The molecular weight excluding hydrogens is 358 g/mol. The molecule has 0 spiro atoms. The van der Waals surface area contributed by atoms with Crippen molar-refractivity contribution in [3.63, 3.8) is 0 Å². The standard InChI is InChI=1S/C22H24ClN3O/c1-2-3-4-10-15-24-22(27)21-16-19(17-11-6-5-7-12-17)25-26(21)20-14-9-8-13-18(20)23/h5-9,11-14,16H,2-4,10,15H2,1H3,(H,24,27). The summed E-state index contributed by atoms with van der Waals surface area (Å²) < 4.78 is 1.63. The van der Waals surface area contributed by atoms with E-state index in [4.69, 9.17) is 11.6 Å². The number of aromatic nitrogens is 2. The molecule has 1 heterocycles. The third-order valence-corrected chi connectivity index (χ3v) is 4.73. The third-order valence-electron chi connectivity index (χ3n) is 4.41. The summed E-state index contributed by atoms with van der Waals surface area (Å²) in [7, 11) is 0. The van der Waals surface area contributed by atoms with Gasteiger partial charge in [0.25, 0.3) is 5.91 Å². The highest BCUT2D eigenvalue weighted by atomic mass is 35.5. The van der Waals surface area contributed by atoms with Gasteiger partial charge in [-0.05, 0) is 24.6 Å². The van der Waals surface area contributed by atoms with E-state index in [-0.39, 0.29) is 5.91 Å². The lowest BCUT2D eigenvalue weighted by atomic mass is 10.1. The van der Waals surface area contributed by atoms with Gasteiger partial charge in [0.1, 0.15) is 5.69 Å². The van der Waals surface area contributed by atoms with E-state index >= 15 is 0 Å². The SMILES string of the molecule is CCCCCCNC(=O)c1cc(-c2ccccc2)nn1-c1ccccc1Cl. The molecular formula is C22H24ClN3O. The van der Waals surface area contributed by atoms with Gasteiger partial charge < -0.3 is 5.32 Å². The Hall–Kier alpha value is -2.59. The van der Waals surface area contributed by atoms with Crippen molar-refractivity contribution in [1.82, 2.24) is 15.1 Å². The van der Waals surface area contributed by atoms with Crippen molar-refractivity contribution in [2.45, 2.75) is 32.6 Å². The zero-order valence-electron chi connectivity index (χ0n) is 15.5. The van der Waals surface area contributed by atoms with E-state index in [0.29, 0.717) is 22.9 Å². The number of unbranched alkanes of at least 4 members (excludes halogenated alkanes) is 3. The summed E-state index contributed by atoms with van der Waals surface area (Å²) in [5.41, 5.74) is 2.88. The molecule has 2 aromatic carbocycles. The molecule has 3 rings (SSSR count). The predicted octanol–water partition coefficient (Wildman–Crippen LogP) is 5.50. The van der Waals surface area contributed by atoms with Gasteiger partial charge in [0.2, 0.25) is 0 Å². The average Bonchev–Trinajstić information content (AvgIpc) is 3.14. The minimum Gasteiger partial charge on any atom is -0.351 e. The van der Waals surface area contributed by atoms with Gasteiger partial charge >= 0.3 is 0 Å². The molecule has 140 valence electrons. The van der Waals surface area contributed by atoms with Crippen LogP contribution >= 0.6 is 11.6 Å². The molecule has 0 radical (unpaired) electrons. The highest BCUT2D eigenvalue weighted by Crippen LogP contribution is 2.25. The fourth-order valence-corrected chi connectivity index (χ4v) is 3.16. The first-order chi connectivity index (χ1) is 13.2. The van der Waals surface area contributed by atoms with Gasteiger partial charge in [0.15, 0.2) is 0 Å². The molecule has 27 heavy (non-hydrogen) atoms. The van der Waals surface area contributed by atoms with Gasteiger partial charge in [0, 0.05) is 12.1 Å². The fraction of sp³-hybridized carbons (Fsp3) is 0.273. The zero-order valence-corrected chi connectivity index (χ0v) is 16.2. The van der Waals surface area contributed by atoms with Crippen molar-refractivity contribution in [2.24, 2.45) is 0 Å². The number of hydrogen-bond donors (Lipinski definition) is 1. The van der Waals surface area contributed by atoms with Gasteiger partial charge in [-0.15, -0.1) is 0 Å². The van der Waals surface area contributed by atoms with E-state index in [1.807, 2.05) is 54.6 Å². The number of nitrogens with one attached hydrogen (secondary N) is 1. The third kappa shape index (κ3) is 4.77. The van der Waals surface area contributed by atoms with Crippen LogP contribution in [0.4, 0.5) is 0 Å². The van der Waals surface area contributed by atoms with Gasteiger partial charge in [-0.25, -0.2) is 4.68 Å². The van der Waals surface area contributed by atoms with Crippen LogP contribution in [0.5, 0.6) is 0 Å². The van der Waals surface area contributed by atoms with Crippen LogP contribution in [0.15, 0.2) is 60.7 Å². The number of hydrogen-bond acceptors (Lipinski definition) is 2. The number of carbonyl (C=O) groups excluding carboxylic acids is 1. The van der Waals surface area contributed by atoms with Crippen LogP contribution < -0.4 is 5.32 Å². The smallest absolute Gasteiger partial charge is 0.270 e. The second-order valence-electron chi connectivity index (χ2n) is 6.46. The molecule has 0 aliphatic carbocycles. The summed E-state index contributed by atoms with van der Waals surface area (Å²) in [6.07, 6.45) is 4.46. The lowest BCUT2D eigenvalue weighted by molar-refractivity contribution is 0.0945. The van der Waals surface area contributed by atoms with Crippen LogP contribution in [0.25, 0.3) is 16.9 Å². The van der Waals surface area contributed by atoms with Gasteiger partial charge in [0.05, 0.1) is 16.4 Å². The summed E-state index contributed by atoms with van der Waals surface area (Å²) in [5.74, 6) is -0.138. The Balaban J connectivity index is 1.90. The second-order valence-corrected chi connectivity index (χ2v) is 6.87. The number of benzene rings is 2. The maximum Gasteiger partial charge on any atom is 0.270 e. The zero-order chi connectivity index (χ0) is 19.1. The normalized spacial score (nSPS) is 10.7. The first-order valence-electron chi connectivity index (χ1n) is 9.39. The van der Waals surface area contributed by atoms with E-state index in [1.165, 1.54) is 12.8 Å². The van der Waals surface area contributed by atoms with Crippen LogP contribution in [0, 0.1) is 0 Å². The van der Waals surface area contributed by atoms with Crippen molar-refractivity contribution in [3.8, 4) is 16.9 Å². The molecule has 0 unspecified atom stereocenters. The monoisotopic (exact) mass is 381 g/mol. The van der Waals surface area contributed by atoms with E-state index in [0.717, 1.165) is 24.1 Å². The molecule has 0 fully saturated rings. The Morgan fingerprint density at radius 2 is 1.78 bits per heavy atom. The minimum absolute atomic E-state index is 0.138. The van der Waals surface area contributed by atoms with E-state index in [2.05, 4.69) is 17.3 Å². The maximum atomic E-state index is 12.8. The predicted molar refractivity (Wildman–Crippen MR) is 110 cm³/mol. The number of amides is 1. The highest BCUT2D eigenvalue weighted by molar-refractivity contribution is 6.32. The Kier molecular flexibility index (Phi) is 6.66. The molecule has 0 saturated carbocycles. The van der Waals surface area contributed by atoms with Crippen LogP contribution in [0.1, 0.15) is 43.1 Å². The van der Waals surface area contributed by atoms with Crippen molar-refractivity contribution < 1.29 is 4.79 Å². The molecule has 0 aliphatic heterocycles. The van der Waals surface area contributed by atoms with Gasteiger partial charge in [-0.2, -0.15) is 5.10 Å². The lowest BCUT2D eigenvalue weighted by Gasteiger charge is -2.09. The molecule has 0 bridgehead atoms. The van der Waals surface area contributed by atoms with Crippen LogP contribution in [0.2, 0.25) is 5.02 Å².